The highest BCUT2D eigenvalue weighted by Crippen LogP contribution is 2.21. The fourth-order valence-corrected chi connectivity index (χ4v) is 4.87. The standard InChI is InChI=1S/C10H18N2O2S2/c1-2-16(13,14)10-9-15-8-7-12(10)6-4-3-5-11/h10H,2-4,6-9H2,1H3. The third-order valence-electron chi connectivity index (χ3n) is 2.74. The molecule has 4 nitrogen and oxygen atoms in total. The first-order chi connectivity index (χ1) is 7.61. The van der Waals surface area contributed by atoms with Crippen LogP contribution < -0.4 is 0 Å². The highest BCUT2D eigenvalue weighted by atomic mass is 32.2. The SMILES string of the molecule is CCS(=O)(=O)C1CSCCN1CCCC#N. The summed E-state index contributed by atoms with van der Waals surface area (Å²) in [5.41, 5.74) is 0. The number of thioether (sulfide) groups is 1. The third-order valence-corrected chi connectivity index (χ3v) is 6.07. The van der Waals surface area contributed by atoms with Crippen LogP contribution in [0.3, 0.4) is 0 Å². The molecule has 1 unspecified atom stereocenters. The van der Waals surface area contributed by atoms with Gasteiger partial charge in [-0.3, -0.25) is 4.90 Å². The first kappa shape index (κ1) is 13.8. The number of hydrogen-bond acceptors (Lipinski definition) is 5. The van der Waals surface area contributed by atoms with E-state index in [1.54, 1.807) is 18.7 Å². The molecule has 6 heteroatoms. The van der Waals surface area contributed by atoms with E-state index in [1.165, 1.54) is 0 Å². The maximum Gasteiger partial charge on any atom is 0.166 e. The van der Waals surface area contributed by atoms with Gasteiger partial charge in [-0.05, 0) is 6.42 Å². The predicted molar refractivity (Wildman–Crippen MR) is 67.0 cm³/mol. The molecule has 0 radical (unpaired) electrons. The molecule has 1 aliphatic heterocycles. The van der Waals surface area contributed by atoms with Gasteiger partial charge in [-0.1, -0.05) is 6.92 Å². The molecule has 0 amide bonds. The van der Waals surface area contributed by atoms with E-state index in [4.69, 9.17) is 5.26 Å². The Balaban J connectivity index is 2.61. The lowest BCUT2D eigenvalue weighted by Crippen LogP contribution is -2.48. The maximum atomic E-state index is 11.9. The molecule has 1 saturated heterocycles. The van der Waals surface area contributed by atoms with Crippen molar-refractivity contribution in [3.8, 4) is 6.07 Å². The van der Waals surface area contributed by atoms with Gasteiger partial charge >= 0.3 is 0 Å². The van der Waals surface area contributed by atoms with Crippen LogP contribution in [0.15, 0.2) is 0 Å². The second kappa shape index (κ2) is 6.48. The van der Waals surface area contributed by atoms with Gasteiger partial charge in [-0.2, -0.15) is 17.0 Å². The summed E-state index contributed by atoms with van der Waals surface area (Å²) in [4.78, 5) is 2.02. The Labute approximate surface area is 102 Å². The molecule has 1 heterocycles. The van der Waals surface area contributed by atoms with Gasteiger partial charge in [-0.15, -0.1) is 0 Å². The summed E-state index contributed by atoms with van der Waals surface area (Å²) < 4.78 is 23.8. The second-order valence-electron chi connectivity index (χ2n) is 3.78. The van der Waals surface area contributed by atoms with Gasteiger partial charge < -0.3 is 0 Å². The zero-order valence-corrected chi connectivity index (χ0v) is 11.2. The topological polar surface area (TPSA) is 61.2 Å². The van der Waals surface area contributed by atoms with Crippen LogP contribution in [0.1, 0.15) is 19.8 Å². The molecule has 0 saturated carbocycles. The predicted octanol–water partition coefficient (Wildman–Crippen LogP) is 1.10. The van der Waals surface area contributed by atoms with Gasteiger partial charge in [0, 0.05) is 36.8 Å². The van der Waals surface area contributed by atoms with Crippen LogP contribution in [0.5, 0.6) is 0 Å². The number of rotatable bonds is 5. The fourth-order valence-electron chi connectivity index (χ4n) is 1.76. The summed E-state index contributed by atoms with van der Waals surface area (Å²) in [5.74, 6) is 1.86. The van der Waals surface area contributed by atoms with E-state index < -0.39 is 9.84 Å². The molecule has 0 aromatic heterocycles. The van der Waals surface area contributed by atoms with E-state index >= 15 is 0 Å². The van der Waals surface area contributed by atoms with Crippen molar-refractivity contribution in [1.82, 2.24) is 4.90 Å². The summed E-state index contributed by atoms with van der Waals surface area (Å²) in [7, 11) is -2.99. The van der Waals surface area contributed by atoms with Gasteiger partial charge in [-0.25, -0.2) is 8.42 Å². The Morgan fingerprint density at radius 3 is 2.94 bits per heavy atom. The lowest BCUT2D eigenvalue weighted by Gasteiger charge is -2.34. The van der Waals surface area contributed by atoms with E-state index in [2.05, 4.69) is 6.07 Å². The van der Waals surface area contributed by atoms with Crippen molar-refractivity contribution < 1.29 is 8.42 Å². The van der Waals surface area contributed by atoms with Gasteiger partial charge in [0.2, 0.25) is 0 Å². The van der Waals surface area contributed by atoms with E-state index in [0.29, 0.717) is 12.2 Å². The van der Waals surface area contributed by atoms with Crippen LogP contribution in [0.4, 0.5) is 0 Å². The van der Waals surface area contributed by atoms with Crippen molar-refractivity contribution in [2.75, 3.05) is 30.3 Å². The summed E-state index contributed by atoms with van der Waals surface area (Å²) in [6, 6.07) is 2.09. The first-order valence-electron chi connectivity index (χ1n) is 5.52. The minimum Gasteiger partial charge on any atom is -0.286 e. The molecule has 0 spiro atoms. The molecule has 1 rings (SSSR count). The van der Waals surface area contributed by atoms with E-state index in [0.717, 1.165) is 25.3 Å². The minimum absolute atomic E-state index is 0.201. The molecule has 16 heavy (non-hydrogen) atoms. The highest BCUT2D eigenvalue weighted by Gasteiger charge is 2.32. The molecule has 0 N–H and O–H groups in total. The zero-order chi connectivity index (χ0) is 12.0. The largest absolute Gasteiger partial charge is 0.286 e. The van der Waals surface area contributed by atoms with Crippen molar-refractivity contribution in [3.63, 3.8) is 0 Å². The Morgan fingerprint density at radius 2 is 2.31 bits per heavy atom. The number of hydrogen-bond donors (Lipinski definition) is 0. The molecule has 1 fully saturated rings. The molecule has 0 bridgehead atoms. The van der Waals surface area contributed by atoms with Crippen LogP contribution in [-0.4, -0.2) is 49.0 Å². The van der Waals surface area contributed by atoms with E-state index in [-0.39, 0.29) is 11.1 Å². The van der Waals surface area contributed by atoms with Crippen molar-refractivity contribution >= 4 is 21.6 Å². The molecule has 92 valence electrons. The minimum atomic E-state index is -2.99. The lowest BCUT2D eigenvalue weighted by molar-refractivity contribution is 0.268. The number of unbranched alkanes of at least 4 members (excludes halogenated alkanes) is 1. The number of nitrogens with zero attached hydrogens (tertiary/aromatic N) is 2. The molecule has 0 aliphatic carbocycles. The van der Waals surface area contributed by atoms with Crippen LogP contribution >= 0.6 is 11.8 Å². The summed E-state index contributed by atoms with van der Waals surface area (Å²) in [5, 5.41) is 8.14. The maximum absolute atomic E-state index is 11.9. The van der Waals surface area contributed by atoms with Gasteiger partial charge in [0.1, 0.15) is 5.37 Å². The molecule has 1 atom stereocenters. The van der Waals surface area contributed by atoms with Crippen molar-refractivity contribution in [2.24, 2.45) is 0 Å². The fraction of sp³-hybridized carbons (Fsp3) is 0.900. The third kappa shape index (κ3) is 3.65. The van der Waals surface area contributed by atoms with Gasteiger partial charge in [0.25, 0.3) is 0 Å². The van der Waals surface area contributed by atoms with Crippen LogP contribution in [0, 0.1) is 11.3 Å². The smallest absolute Gasteiger partial charge is 0.166 e. The lowest BCUT2D eigenvalue weighted by atomic mass is 10.3. The number of sulfone groups is 1. The normalized spacial score (nSPS) is 22.9. The Kier molecular flexibility index (Phi) is 5.59. The average molecular weight is 262 g/mol. The van der Waals surface area contributed by atoms with Gasteiger partial charge in [0.15, 0.2) is 9.84 Å². The van der Waals surface area contributed by atoms with Crippen LogP contribution in [0.2, 0.25) is 0 Å². The second-order valence-corrected chi connectivity index (χ2v) is 7.38. The monoisotopic (exact) mass is 262 g/mol. The summed E-state index contributed by atoms with van der Waals surface area (Å²) in [6.07, 6.45) is 1.26. The van der Waals surface area contributed by atoms with Crippen molar-refractivity contribution in [2.45, 2.75) is 25.1 Å². The van der Waals surface area contributed by atoms with E-state index in [9.17, 15) is 8.42 Å². The van der Waals surface area contributed by atoms with Crippen LogP contribution in [0.25, 0.3) is 0 Å². The first-order valence-corrected chi connectivity index (χ1v) is 8.39. The Bertz CT molecular complexity index is 348. The molecular formula is C10H18N2O2S2. The molecule has 0 aromatic rings. The summed E-state index contributed by atoms with van der Waals surface area (Å²) in [6.45, 7) is 3.24. The van der Waals surface area contributed by atoms with Gasteiger partial charge in [0.05, 0.1) is 6.07 Å². The quantitative estimate of drug-likeness (QED) is 0.694. The van der Waals surface area contributed by atoms with Crippen molar-refractivity contribution in [1.29, 1.82) is 5.26 Å². The van der Waals surface area contributed by atoms with Crippen LogP contribution in [-0.2, 0) is 9.84 Å². The Hall–Kier alpha value is -0.250. The number of nitriles is 1. The average Bonchev–Trinajstić information content (AvgIpc) is 2.30. The molecule has 1 aliphatic rings. The Morgan fingerprint density at radius 1 is 1.56 bits per heavy atom. The molecular weight excluding hydrogens is 244 g/mol. The highest BCUT2D eigenvalue weighted by molar-refractivity contribution is 8.01. The van der Waals surface area contributed by atoms with Crippen molar-refractivity contribution in [3.05, 3.63) is 0 Å². The zero-order valence-electron chi connectivity index (χ0n) is 9.55. The van der Waals surface area contributed by atoms with E-state index in [1.807, 2.05) is 4.90 Å². The summed E-state index contributed by atoms with van der Waals surface area (Å²) >= 11 is 1.70. The molecule has 0 aromatic carbocycles.